The van der Waals surface area contributed by atoms with Crippen LogP contribution in [-0.4, -0.2) is 24.9 Å². The zero-order valence-electron chi connectivity index (χ0n) is 11.0. The number of ketones is 1. The van der Waals surface area contributed by atoms with Crippen molar-refractivity contribution in [3.8, 4) is 0 Å². The van der Waals surface area contributed by atoms with Crippen molar-refractivity contribution in [2.45, 2.75) is 33.1 Å². The molecule has 0 aliphatic carbocycles. The average molecular weight is 248 g/mol. The summed E-state index contributed by atoms with van der Waals surface area (Å²) >= 11 is 0. The normalized spacial score (nSPS) is 11.8. The number of hydrogen-bond donors (Lipinski definition) is 0. The van der Waals surface area contributed by atoms with Crippen molar-refractivity contribution in [3.63, 3.8) is 0 Å². The molecule has 1 aromatic rings. The maximum atomic E-state index is 11.0. The minimum atomic E-state index is -1.55. The number of nitrogens with zero attached hydrogens (tertiary/aromatic N) is 2. The third-order valence-electron chi connectivity index (χ3n) is 2.33. The van der Waals surface area contributed by atoms with Crippen molar-refractivity contribution in [1.29, 1.82) is 0 Å². The zero-order chi connectivity index (χ0) is 12.9. The number of benzene rings is 1. The molecule has 0 aromatic heterocycles. The fourth-order valence-electron chi connectivity index (χ4n) is 1.36. The molecule has 4 heteroatoms. The molecule has 1 aromatic carbocycles. The van der Waals surface area contributed by atoms with Gasteiger partial charge in [-0.2, -0.15) is 5.10 Å². The summed E-state index contributed by atoms with van der Waals surface area (Å²) < 4.78 is 2.06. The lowest BCUT2D eigenvalue weighted by Gasteiger charge is -2.31. The summed E-state index contributed by atoms with van der Waals surface area (Å²) in [6.07, 6.45) is 1.40. The van der Waals surface area contributed by atoms with Crippen LogP contribution >= 0.6 is 0 Å². The van der Waals surface area contributed by atoms with Crippen LogP contribution in [0.5, 0.6) is 0 Å². The van der Waals surface area contributed by atoms with E-state index >= 15 is 0 Å². The molecular formula is C13H20N2OSi. The van der Waals surface area contributed by atoms with E-state index in [1.54, 1.807) is 0 Å². The summed E-state index contributed by atoms with van der Waals surface area (Å²) in [6.45, 7) is 8.93. The lowest BCUT2D eigenvalue weighted by Crippen LogP contribution is -2.42. The quantitative estimate of drug-likeness (QED) is 0.456. The second kappa shape index (κ2) is 5.77. The molecule has 0 spiro atoms. The number of hydrazone groups is 1. The van der Waals surface area contributed by atoms with Gasteiger partial charge in [-0.1, -0.05) is 50.0 Å². The van der Waals surface area contributed by atoms with E-state index in [9.17, 15) is 4.79 Å². The Balaban J connectivity index is 2.82. The molecule has 0 radical (unpaired) electrons. The minimum absolute atomic E-state index is 0.0127. The molecule has 1 rings (SSSR count). The number of carbonyl (C=O) groups excluding carboxylic acids is 1. The first-order valence-electron chi connectivity index (χ1n) is 5.76. The van der Waals surface area contributed by atoms with Crippen LogP contribution in [0, 0.1) is 0 Å². The van der Waals surface area contributed by atoms with E-state index in [4.69, 9.17) is 0 Å². The summed E-state index contributed by atoms with van der Waals surface area (Å²) in [7, 11) is -1.55. The van der Waals surface area contributed by atoms with Gasteiger partial charge in [0.1, 0.15) is 0 Å². The standard InChI is InChI=1S/C13H20N2OSi/c1-12(16)10-14-15(17(2,3)4)11-13-8-6-5-7-9-13/h5-10H,11H2,1-4H3/b14-10+. The van der Waals surface area contributed by atoms with E-state index in [-0.39, 0.29) is 5.78 Å². The molecule has 17 heavy (non-hydrogen) atoms. The number of hydrogen-bond acceptors (Lipinski definition) is 3. The van der Waals surface area contributed by atoms with Crippen LogP contribution in [0.1, 0.15) is 12.5 Å². The van der Waals surface area contributed by atoms with Crippen LogP contribution in [0.25, 0.3) is 0 Å². The highest BCUT2D eigenvalue weighted by atomic mass is 28.3. The van der Waals surface area contributed by atoms with E-state index in [2.05, 4.69) is 41.5 Å². The van der Waals surface area contributed by atoms with Gasteiger partial charge in [-0.25, -0.2) is 0 Å². The Hall–Kier alpha value is -1.42. The first-order valence-corrected chi connectivity index (χ1v) is 9.20. The van der Waals surface area contributed by atoms with Crippen molar-refractivity contribution in [2.75, 3.05) is 0 Å². The van der Waals surface area contributed by atoms with Crippen molar-refractivity contribution in [2.24, 2.45) is 5.10 Å². The van der Waals surface area contributed by atoms with E-state index in [0.717, 1.165) is 6.54 Å². The summed E-state index contributed by atoms with van der Waals surface area (Å²) in [6, 6.07) is 10.2. The van der Waals surface area contributed by atoms with Gasteiger partial charge in [-0.05, 0) is 5.56 Å². The van der Waals surface area contributed by atoms with Gasteiger partial charge >= 0.3 is 0 Å². The van der Waals surface area contributed by atoms with Crippen LogP contribution in [0.2, 0.25) is 19.6 Å². The van der Waals surface area contributed by atoms with Gasteiger partial charge in [-0.15, -0.1) is 0 Å². The Kier molecular flexibility index (Phi) is 4.63. The molecule has 0 heterocycles. The van der Waals surface area contributed by atoms with Gasteiger partial charge in [0.15, 0.2) is 14.0 Å². The average Bonchev–Trinajstić information content (AvgIpc) is 2.23. The van der Waals surface area contributed by atoms with Gasteiger partial charge in [0, 0.05) is 6.92 Å². The largest absolute Gasteiger partial charge is 0.320 e. The Labute approximate surface area is 104 Å². The molecule has 0 atom stereocenters. The zero-order valence-corrected chi connectivity index (χ0v) is 12.0. The predicted molar refractivity (Wildman–Crippen MR) is 74.5 cm³/mol. The Morgan fingerprint density at radius 1 is 1.29 bits per heavy atom. The number of Topliss-reactive ketones (excluding diaryl/α,β-unsaturated/α-hetero) is 1. The highest BCUT2D eigenvalue weighted by Crippen LogP contribution is 2.14. The molecule has 0 fully saturated rings. The van der Waals surface area contributed by atoms with Crippen LogP contribution in [0.3, 0.4) is 0 Å². The fraction of sp³-hybridized carbons (Fsp3) is 0.385. The second-order valence-corrected chi connectivity index (χ2v) is 9.93. The predicted octanol–water partition coefficient (Wildman–Crippen LogP) is 2.90. The van der Waals surface area contributed by atoms with Crippen molar-refractivity contribution in [3.05, 3.63) is 35.9 Å². The molecule has 0 N–H and O–H groups in total. The molecule has 92 valence electrons. The second-order valence-electron chi connectivity index (χ2n) is 5.07. The lowest BCUT2D eigenvalue weighted by atomic mass is 10.2. The first kappa shape index (κ1) is 13.6. The summed E-state index contributed by atoms with van der Waals surface area (Å²) in [5, 5.41) is 4.31. The summed E-state index contributed by atoms with van der Waals surface area (Å²) in [5.74, 6) is -0.0127. The molecule has 0 saturated heterocycles. The van der Waals surface area contributed by atoms with Crippen LogP contribution < -0.4 is 0 Å². The maximum absolute atomic E-state index is 11.0. The molecular weight excluding hydrogens is 228 g/mol. The van der Waals surface area contributed by atoms with E-state index in [0.29, 0.717) is 0 Å². The number of carbonyl (C=O) groups is 1. The van der Waals surface area contributed by atoms with Crippen LogP contribution in [-0.2, 0) is 11.3 Å². The molecule has 0 unspecified atom stereocenters. The molecule has 0 aliphatic rings. The Morgan fingerprint density at radius 3 is 2.35 bits per heavy atom. The van der Waals surface area contributed by atoms with Crippen LogP contribution in [0.4, 0.5) is 0 Å². The van der Waals surface area contributed by atoms with Crippen molar-refractivity contribution < 1.29 is 4.79 Å². The van der Waals surface area contributed by atoms with E-state index in [1.165, 1.54) is 18.7 Å². The van der Waals surface area contributed by atoms with Gasteiger partial charge in [0.25, 0.3) is 0 Å². The molecule has 0 amide bonds. The third kappa shape index (κ3) is 4.95. The highest BCUT2D eigenvalue weighted by molar-refractivity contribution is 6.73. The first-order chi connectivity index (χ1) is 7.89. The van der Waals surface area contributed by atoms with Gasteiger partial charge in [0.05, 0.1) is 12.8 Å². The summed E-state index contributed by atoms with van der Waals surface area (Å²) in [4.78, 5) is 11.0. The molecule has 0 saturated carbocycles. The van der Waals surface area contributed by atoms with Gasteiger partial charge < -0.3 is 4.67 Å². The SMILES string of the molecule is CC(=O)/C=N/N(Cc1ccccc1)[Si](C)(C)C. The van der Waals surface area contributed by atoms with E-state index < -0.39 is 8.24 Å². The molecule has 0 bridgehead atoms. The third-order valence-corrected chi connectivity index (χ3v) is 4.15. The molecule has 3 nitrogen and oxygen atoms in total. The van der Waals surface area contributed by atoms with Crippen LogP contribution in [0.15, 0.2) is 35.4 Å². The van der Waals surface area contributed by atoms with E-state index in [1.807, 2.05) is 18.2 Å². The van der Waals surface area contributed by atoms with Crippen molar-refractivity contribution >= 4 is 20.2 Å². The Morgan fingerprint density at radius 2 is 1.88 bits per heavy atom. The maximum Gasteiger partial charge on any atom is 0.172 e. The van der Waals surface area contributed by atoms with Gasteiger partial charge in [-0.3, -0.25) is 4.79 Å². The smallest absolute Gasteiger partial charge is 0.172 e. The Bertz CT molecular complexity index is 396. The lowest BCUT2D eigenvalue weighted by molar-refractivity contribution is -0.110. The summed E-state index contributed by atoms with van der Waals surface area (Å²) in [5.41, 5.74) is 1.22. The van der Waals surface area contributed by atoms with Gasteiger partial charge in [0.2, 0.25) is 0 Å². The minimum Gasteiger partial charge on any atom is -0.320 e. The highest BCUT2D eigenvalue weighted by Gasteiger charge is 2.22. The fourth-order valence-corrected chi connectivity index (χ4v) is 2.42. The van der Waals surface area contributed by atoms with Crippen molar-refractivity contribution in [1.82, 2.24) is 4.67 Å². The monoisotopic (exact) mass is 248 g/mol. The topological polar surface area (TPSA) is 32.7 Å². The molecule has 0 aliphatic heterocycles. The number of rotatable bonds is 5.